The fourth-order valence-electron chi connectivity index (χ4n) is 6.35. The summed E-state index contributed by atoms with van der Waals surface area (Å²) < 4.78 is 8.92. The molecule has 9 nitrogen and oxygen atoms in total. The third-order valence-electron chi connectivity index (χ3n) is 8.90. The zero-order valence-electron chi connectivity index (χ0n) is 27.5. The van der Waals surface area contributed by atoms with Gasteiger partial charge < -0.3 is 14.6 Å². The summed E-state index contributed by atoms with van der Waals surface area (Å²) in [6.07, 6.45) is 4.49. The number of nitrogens with one attached hydrogen (secondary N) is 2. The lowest BCUT2D eigenvalue weighted by atomic mass is 9.99. The second-order valence-electron chi connectivity index (χ2n) is 12.1. The molecule has 2 N–H and O–H groups in total. The molecule has 0 bridgehead atoms. The molecular weight excluding hydrogens is 689 g/mol. The zero-order valence-corrected chi connectivity index (χ0v) is 29.8. The Balaban J connectivity index is 1.22. The third-order valence-corrected chi connectivity index (χ3v) is 10.5. The summed E-state index contributed by atoms with van der Waals surface area (Å²) in [6, 6.07) is 27.8. The fourth-order valence-corrected chi connectivity index (χ4v) is 7.55. The minimum atomic E-state index is -0.101. The molecule has 0 aliphatic carbocycles. The highest BCUT2D eigenvalue weighted by molar-refractivity contribution is 7.18. The molecule has 3 heterocycles. The fraction of sp³-hybridized carbons (Fsp3) is 0.237. The van der Waals surface area contributed by atoms with Crippen LogP contribution in [0.25, 0.3) is 21.1 Å². The maximum Gasteiger partial charge on any atom is 0.251 e. The van der Waals surface area contributed by atoms with Crippen molar-refractivity contribution < 1.29 is 9.53 Å². The van der Waals surface area contributed by atoms with E-state index in [1.807, 2.05) is 60.7 Å². The smallest absolute Gasteiger partial charge is 0.251 e. The summed E-state index contributed by atoms with van der Waals surface area (Å²) in [6.45, 7) is 1.18. The molecule has 0 atom stereocenters. The van der Waals surface area contributed by atoms with Crippen LogP contribution in [0.2, 0.25) is 10.0 Å². The van der Waals surface area contributed by atoms with Crippen LogP contribution in [0.5, 0.6) is 5.75 Å². The summed E-state index contributed by atoms with van der Waals surface area (Å²) in [7, 11) is 1.67. The Kier molecular flexibility index (Phi) is 10.4. The Hall–Kier alpha value is -4.77. The normalized spacial score (nSPS) is 11.4. The van der Waals surface area contributed by atoms with E-state index in [0.717, 1.165) is 63.1 Å². The van der Waals surface area contributed by atoms with E-state index in [0.29, 0.717) is 47.4 Å². The lowest BCUT2D eigenvalue weighted by Crippen LogP contribution is -2.25. The summed E-state index contributed by atoms with van der Waals surface area (Å²) in [5.41, 5.74) is 7.40. The number of hydrogen-bond acceptors (Lipinski definition) is 7. The first-order valence-electron chi connectivity index (χ1n) is 16.5. The van der Waals surface area contributed by atoms with Gasteiger partial charge in [-0.2, -0.15) is 5.21 Å². The molecule has 0 aliphatic rings. The van der Waals surface area contributed by atoms with Gasteiger partial charge in [0.25, 0.3) is 5.91 Å². The molecule has 3 aromatic heterocycles. The first-order valence-corrected chi connectivity index (χ1v) is 18.1. The standard InChI is InChI=1S/C38H35Cl2N7O2S/c1-49-29-12-16-35-32(23-29)42-37(50-35)17-15-33-30(13-6-24-2-8-27(39)9-3-24)31-22-26(38(48)41-20-18-25-4-10-28(40)11-5-25)7-14-34(31)47(33)21-19-36-43-45-46-44-36/h2-5,7-12,14,16,22-23H,6,13,15,17-21H2,1H3,(H,41,48)(H,43,44,45,46). The molecule has 7 rings (SSSR count). The summed E-state index contributed by atoms with van der Waals surface area (Å²) in [5, 5.41) is 21.4. The van der Waals surface area contributed by atoms with E-state index in [1.54, 1.807) is 18.4 Å². The van der Waals surface area contributed by atoms with E-state index in [1.165, 1.54) is 16.8 Å². The Labute approximate surface area is 303 Å². The second kappa shape index (κ2) is 15.4. The molecule has 50 heavy (non-hydrogen) atoms. The number of methoxy groups -OCH3 is 1. The van der Waals surface area contributed by atoms with Crippen molar-refractivity contribution in [1.82, 2.24) is 35.5 Å². The number of amides is 1. The number of hydrogen-bond donors (Lipinski definition) is 2. The van der Waals surface area contributed by atoms with E-state index < -0.39 is 0 Å². The van der Waals surface area contributed by atoms with Crippen molar-refractivity contribution in [1.29, 1.82) is 0 Å². The van der Waals surface area contributed by atoms with Gasteiger partial charge in [-0.25, -0.2) is 4.98 Å². The Morgan fingerprint density at radius 1 is 0.860 bits per heavy atom. The minimum absolute atomic E-state index is 0.101. The van der Waals surface area contributed by atoms with Gasteiger partial charge in [0.2, 0.25) is 0 Å². The number of H-pyrrole nitrogens is 1. The van der Waals surface area contributed by atoms with Crippen molar-refractivity contribution in [2.45, 2.75) is 45.1 Å². The SMILES string of the molecule is COc1ccc2sc(CCc3c(CCc4ccc(Cl)cc4)c4cc(C(=O)NCCc5ccc(Cl)cc5)ccc4n3CCc3nn[nH]n3)nc2c1. The maximum atomic E-state index is 13.5. The van der Waals surface area contributed by atoms with Crippen LogP contribution in [0, 0.1) is 0 Å². The third kappa shape index (κ3) is 7.83. The topological polar surface area (TPSA) is 111 Å². The van der Waals surface area contributed by atoms with E-state index in [9.17, 15) is 4.79 Å². The minimum Gasteiger partial charge on any atom is -0.497 e. The van der Waals surface area contributed by atoms with Crippen molar-refractivity contribution in [2.24, 2.45) is 0 Å². The molecular formula is C38H35Cl2N7O2S. The van der Waals surface area contributed by atoms with Gasteiger partial charge >= 0.3 is 0 Å². The van der Waals surface area contributed by atoms with Gasteiger partial charge in [-0.05, 0) is 97.0 Å². The molecule has 0 saturated carbocycles. The predicted molar refractivity (Wildman–Crippen MR) is 200 cm³/mol. The van der Waals surface area contributed by atoms with Crippen molar-refractivity contribution in [3.63, 3.8) is 0 Å². The first-order chi connectivity index (χ1) is 24.4. The number of ether oxygens (including phenoxy) is 1. The molecule has 0 fully saturated rings. The van der Waals surface area contributed by atoms with Gasteiger partial charge in [-0.1, -0.05) is 52.7 Å². The molecule has 0 aliphatic heterocycles. The highest BCUT2D eigenvalue weighted by Crippen LogP contribution is 2.32. The van der Waals surface area contributed by atoms with Crippen molar-refractivity contribution >= 4 is 61.6 Å². The van der Waals surface area contributed by atoms with E-state index in [-0.39, 0.29) is 5.91 Å². The van der Waals surface area contributed by atoms with Gasteiger partial charge in [-0.3, -0.25) is 4.79 Å². The average Bonchev–Trinajstić information content (AvgIpc) is 3.87. The quantitative estimate of drug-likeness (QED) is 0.118. The zero-order chi connectivity index (χ0) is 34.5. The van der Waals surface area contributed by atoms with Crippen LogP contribution in [-0.4, -0.2) is 49.7 Å². The number of fused-ring (bicyclic) bond motifs is 2. The molecule has 254 valence electrons. The van der Waals surface area contributed by atoms with Crippen LogP contribution in [0.15, 0.2) is 84.9 Å². The van der Waals surface area contributed by atoms with E-state index in [4.69, 9.17) is 32.9 Å². The highest BCUT2D eigenvalue weighted by atomic mass is 35.5. The Morgan fingerprint density at radius 3 is 2.34 bits per heavy atom. The number of benzene rings is 4. The number of halogens is 2. The largest absolute Gasteiger partial charge is 0.497 e. The average molecular weight is 725 g/mol. The predicted octanol–water partition coefficient (Wildman–Crippen LogP) is 7.87. The number of nitrogens with zero attached hydrogens (tertiary/aromatic N) is 5. The molecule has 0 radical (unpaired) electrons. The second-order valence-corrected chi connectivity index (χ2v) is 14.1. The summed E-state index contributed by atoms with van der Waals surface area (Å²) in [5.74, 6) is 1.35. The number of carbonyl (C=O) groups is 1. The van der Waals surface area contributed by atoms with E-state index >= 15 is 0 Å². The Morgan fingerprint density at radius 2 is 1.62 bits per heavy atom. The number of aryl methyl sites for hydroxylation is 5. The number of carbonyl (C=O) groups excluding carboxylic acids is 1. The van der Waals surface area contributed by atoms with E-state index in [2.05, 4.69) is 54.8 Å². The molecule has 0 unspecified atom stereocenters. The molecule has 0 spiro atoms. The van der Waals surface area contributed by atoms with Gasteiger partial charge in [0.1, 0.15) is 5.75 Å². The lowest BCUT2D eigenvalue weighted by Gasteiger charge is -2.12. The van der Waals surface area contributed by atoms with Crippen LogP contribution >= 0.6 is 34.5 Å². The van der Waals surface area contributed by atoms with Crippen LogP contribution in [-0.2, 0) is 45.1 Å². The molecule has 1 amide bonds. The molecule has 0 saturated heterocycles. The summed E-state index contributed by atoms with van der Waals surface area (Å²) in [4.78, 5) is 18.4. The molecule has 12 heteroatoms. The first kappa shape index (κ1) is 33.7. The number of aromatic nitrogens is 6. The highest BCUT2D eigenvalue weighted by Gasteiger charge is 2.20. The molecule has 4 aromatic carbocycles. The van der Waals surface area contributed by atoms with Crippen molar-refractivity contribution in [3.05, 3.63) is 134 Å². The van der Waals surface area contributed by atoms with Crippen LogP contribution in [0.1, 0.15) is 43.6 Å². The van der Waals surface area contributed by atoms with Gasteiger partial charge in [0.05, 0.1) is 22.3 Å². The lowest BCUT2D eigenvalue weighted by molar-refractivity contribution is 0.0954. The monoisotopic (exact) mass is 723 g/mol. The Bertz CT molecular complexity index is 2230. The van der Waals surface area contributed by atoms with Gasteiger partial charge in [0.15, 0.2) is 5.82 Å². The van der Waals surface area contributed by atoms with Gasteiger partial charge in [0, 0.05) is 64.2 Å². The van der Waals surface area contributed by atoms with Crippen LogP contribution < -0.4 is 10.1 Å². The van der Waals surface area contributed by atoms with Crippen molar-refractivity contribution in [2.75, 3.05) is 13.7 Å². The van der Waals surface area contributed by atoms with Crippen LogP contribution in [0.3, 0.4) is 0 Å². The molecule has 7 aromatic rings. The van der Waals surface area contributed by atoms with Gasteiger partial charge in [-0.15, -0.1) is 21.5 Å². The van der Waals surface area contributed by atoms with Crippen molar-refractivity contribution in [3.8, 4) is 5.75 Å². The number of tetrazole rings is 1. The number of aromatic amines is 1. The maximum absolute atomic E-state index is 13.5. The number of thiazole rings is 1. The summed E-state index contributed by atoms with van der Waals surface area (Å²) >= 11 is 14.0. The van der Waals surface area contributed by atoms with Crippen LogP contribution in [0.4, 0.5) is 0 Å². The number of rotatable bonds is 14.